The van der Waals surface area contributed by atoms with Gasteiger partial charge in [0.2, 0.25) is 10.0 Å². The molecular weight excluding hydrogens is 319 g/mol. The summed E-state index contributed by atoms with van der Waals surface area (Å²) in [6.07, 6.45) is 2.30. The summed E-state index contributed by atoms with van der Waals surface area (Å²) in [5.74, 6) is 0. The second-order valence-electron chi connectivity index (χ2n) is 5.31. The number of halogens is 2. The summed E-state index contributed by atoms with van der Waals surface area (Å²) in [4.78, 5) is 0.0352. The van der Waals surface area contributed by atoms with E-state index in [0.29, 0.717) is 23.2 Å². The lowest BCUT2D eigenvalue weighted by Crippen LogP contribution is -2.30. The highest BCUT2D eigenvalue weighted by Gasteiger charge is 2.24. The van der Waals surface area contributed by atoms with Crippen molar-refractivity contribution in [2.45, 2.75) is 50.2 Å². The molecule has 1 fully saturated rings. The molecule has 1 aromatic rings. The zero-order chi connectivity index (χ0) is 14.9. The van der Waals surface area contributed by atoms with Crippen LogP contribution in [0.3, 0.4) is 0 Å². The van der Waals surface area contributed by atoms with Crippen LogP contribution in [-0.4, -0.2) is 20.5 Å². The maximum Gasteiger partial charge on any atom is 0.242 e. The third-order valence-electron chi connectivity index (χ3n) is 2.92. The molecule has 0 amide bonds. The summed E-state index contributed by atoms with van der Waals surface area (Å²) >= 11 is 12.3. The van der Waals surface area contributed by atoms with Crippen molar-refractivity contribution in [3.63, 3.8) is 0 Å². The molecule has 0 aromatic heterocycles. The molecule has 0 spiro atoms. The quantitative estimate of drug-likeness (QED) is 0.839. The Kier molecular flexibility index (Phi) is 4.97. The van der Waals surface area contributed by atoms with Crippen molar-refractivity contribution in [1.29, 1.82) is 0 Å². The molecule has 0 aliphatic heterocycles. The van der Waals surface area contributed by atoms with Crippen LogP contribution >= 0.6 is 23.2 Å². The highest BCUT2D eigenvalue weighted by molar-refractivity contribution is 7.89. The predicted molar refractivity (Wildman–Crippen MR) is 81.8 cm³/mol. The van der Waals surface area contributed by atoms with Crippen LogP contribution in [0.4, 0.5) is 0 Å². The van der Waals surface area contributed by atoms with E-state index < -0.39 is 10.0 Å². The fourth-order valence-electron chi connectivity index (χ4n) is 1.86. The van der Waals surface area contributed by atoms with Gasteiger partial charge in [-0.25, -0.2) is 13.1 Å². The van der Waals surface area contributed by atoms with Crippen LogP contribution in [0.25, 0.3) is 0 Å². The van der Waals surface area contributed by atoms with E-state index in [4.69, 9.17) is 23.2 Å². The number of sulfonamides is 1. The molecule has 1 aliphatic rings. The lowest BCUT2D eigenvalue weighted by atomic mass is 10.2. The summed E-state index contributed by atoms with van der Waals surface area (Å²) in [5, 5.41) is 3.90. The van der Waals surface area contributed by atoms with E-state index in [-0.39, 0.29) is 16.0 Å². The third-order valence-corrected chi connectivity index (χ3v) is 5.38. The Bertz CT molecular complexity index is 599. The zero-order valence-corrected chi connectivity index (χ0v) is 13.7. The molecule has 0 bridgehead atoms. The summed E-state index contributed by atoms with van der Waals surface area (Å²) < 4.78 is 27.0. The second kappa shape index (κ2) is 6.20. The number of rotatable bonds is 6. The van der Waals surface area contributed by atoms with Crippen molar-refractivity contribution in [2.75, 3.05) is 0 Å². The number of hydrogen-bond donors (Lipinski definition) is 2. The Morgan fingerprint density at radius 3 is 2.50 bits per heavy atom. The molecule has 0 radical (unpaired) electrons. The fourth-order valence-corrected chi connectivity index (χ4v) is 4.04. The van der Waals surface area contributed by atoms with E-state index in [9.17, 15) is 8.42 Å². The van der Waals surface area contributed by atoms with Gasteiger partial charge in [-0.05, 0) is 44.4 Å². The van der Waals surface area contributed by atoms with Crippen LogP contribution in [0.15, 0.2) is 17.0 Å². The molecule has 0 saturated heterocycles. The normalized spacial score (nSPS) is 15.8. The van der Waals surface area contributed by atoms with E-state index in [1.54, 1.807) is 19.9 Å². The Hall–Kier alpha value is -0.330. The van der Waals surface area contributed by atoms with Crippen molar-refractivity contribution in [3.05, 3.63) is 27.7 Å². The summed E-state index contributed by atoms with van der Waals surface area (Å²) in [7, 11) is -3.65. The van der Waals surface area contributed by atoms with Crippen molar-refractivity contribution < 1.29 is 8.42 Å². The minimum Gasteiger partial charge on any atom is -0.310 e. The zero-order valence-electron chi connectivity index (χ0n) is 11.4. The molecule has 0 unspecified atom stereocenters. The molecule has 2 rings (SSSR count). The average Bonchev–Trinajstić information content (AvgIpc) is 3.11. The monoisotopic (exact) mass is 336 g/mol. The topological polar surface area (TPSA) is 58.2 Å². The van der Waals surface area contributed by atoms with Gasteiger partial charge in [-0.2, -0.15) is 0 Å². The summed E-state index contributed by atoms with van der Waals surface area (Å²) in [6, 6.07) is 3.39. The first-order valence-corrected chi connectivity index (χ1v) is 8.77. The lowest BCUT2D eigenvalue weighted by molar-refractivity contribution is 0.569. The number of nitrogens with one attached hydrogen (secondary N) is 2. The highest BCUT2D eigenvalue weighted by Crippen LogP contribution is 2.30. The van der Waals surface area contributed by atoms with Gasteiger partial charge in [-0.1, -0.05) is 23.2 Å². The molecule has 4 nitrogen and oxygen atoms in total. The minimum atomic E-state index is -3.65. The summed E-state index contributed by atoms with van der Waals surface area (Å²) in [5.41, 5.74) is 0.704. The van der Waals surface area contributed by atoms with Gasteiger partial charge >= 0.3 is 0 Å². The molecule has 7 heteroatoms. The Morgan fingerprint density at radius 2 is 1.95 bits per heavy atom. The van der Waals surface area contributed by atoms with Crippen molar-refractivity contribution in [3.8, 4) is 0 Å². The molecule has 0 heterocycles. The van der Waals surface area contributed by atoms with Crippen LogP contribution in [0.5, 0.6) is 0 Å². The van der Waals surface area contributed by atoms with Crippen molar-refractivity contribution in [1.82, 2.24) is 10.0 Å². The number of benzene rings is 1. The summed E-state index contributed by atoms with van der Waals surface area (Å²) in [6.45, 7) is 4.03. The molecule has 112 valence electrons. The van der Waals surface area contributed by atoms with E-state index in [1.165, 1.54) is 6.07 Å². The van der Waals surface area contributed by atoms with Gasteiger partial charge in [-0.3, -0.25) is 0 Å². The average molecular weight is 337 g/mol. The fraction of sp³-hybridized carbons (Fsp3) is 0.538. The molecule has 1 aliphatic carbocycles. The van der Waals surface area contributed by atoms with Gasteiger partial charge < -0.3 is 5.32 Å². The minimum absolute atomic E-state index is 0.0352. The Morgan fingerprint density at radius 1 is 1.30 bits per heavy atom. The van der Waals surface area contributed by atoms with Gasteiger partial charge in [-0.15, -0.1) is 0 Å². The van der Waals surface area contributed by atoms with E-state index in [1.807, 2.05) is 0 Å². The van der Waals surface area contributed by atoms with Crippen LogP contribution in [0.2, 0.25) is 10.0 Å². The highest BCUT2D eigenvalue weighted by atomic mass is 35.5. The van der Waals surface area contributed by atoms with Crippen LogP contribution in [-0.2, 0) is 16.6 Å². The first kappa shape index (κ1) is 16.0. The van der Waals surface area contributed by atoms with Gasteiger partial charge in [0.25, 0.3) is 0 Å². The van der Waals surface area contributed by atoms with Gasteiger partial charge in [0, 0.05) is 23.7 Å². The largest absolute Gasteiger partial charge is 0.310 e. The first-order valence-electron chi connectivity index (χ1n) is 6.53. The first-order chi connectivity index (χ1) is 9.29. The van der Waals surface area contributed by atoms with E-state index in [0.717, 1.165) is 12.8 Å². The van der Waals surface area contributed by atoms with Crippen LogP contribution in [0, 0.1) is 0 Å². The Labute approximate surface area is 129 Å². The molecule has 2 N–H and O–H groups in total. The molecule has 20 heavy (non-hydrogen) atoms. The Balaban J connectivity index is 2.32. The second-order valence-corrected chi connectivity index (χ2v) is 7.80. The van der Waals surface area contributed by atoms with Gasteiger partial charge in [0.15, 0.2) is 0 Å². The van der Waals surface area contributed by atoms with Gasteiger partial charge in [0.05, 0.1) is 5.02 Å². The maximum absolute atomic E-state index is 12.2. The van der Waals surface area contributed by atoms with Crippen LogP contribution in [0.1, 0.15) is 32.3 Å². The number of hydrogen-bond acceptors (Lipinski definition) is 3. The van der Waals surface area contributed by atoms with Crippen LogP contribution < -0.4 is 10.0 Å². The molecule has 0 atom stereocenters. The van der Waals surface area contributed by atoms with Crippen molar-refractivity contribution in [2.24, 2.45) is 0 Å². The third kappa shape index (κ3) is 4.09. The molecule has 1 aromatic carbocycles. The SMILES string of the molecule is CC(C)NS(=O)(=O)c1cc(Cl)cc(CNC2CC2)c1Cl. The van der Waals surface area contributed by atoms with Crippen molar-refractivity contribution >= 4 is 33.2 Å². The van der Waals surface area contributed by atoms with Gasteiger partial charge in [0.1, 0.15) is 4.90 Å². The standard InChI is InChI=1S/C13H18Cl2N2O2S/c1-8(2)17-20(18,19)12-6-10(14)5-9(13(12)15)7-16-11-3-4-11/h5-6,8,11,16-17H,3-4,7H2,1-2H3. The van der Waals surface area contributed by atoms with E-state index in [2.05, 4.69) is 10.0 Å². The molecule has 1 saturated carbocycles. The maximum atomic E-state index is 12.2. The lowest BCUT2D eigenvalue weighted by Gasteiger charge is -2.14. The molecular formula is C13H18Cl2N2O2S. The predicted octanol–water partition coefficient (Wildman–Crippen LogP) is 2.93. The van der Waals surface area contributed by atoms with E-state index >= 15 is 0 Å². The smallest absolute Gasteiger partial charge is 0.242 e.